The van der Waals surface area contributed by atoms with Crippen molar-refractivity contribution in [1.29, 1.82) is 5.26 Å². The Morgan fingerprint density at radius 2 is 2.73 bits per heavy atom. The summed E-state index contributed by atoms with van der Waals surface area (Å²) in [5, 5.41) is 11.5. The monoisotopic (exact) mass is 167 g/mol. The highest BCUT2D eigenvalue weighted by molar-refractivity contribution is 7.09. The van der Waals surface area contributed by atoms with Crippen LogP contribution in [0.5, 0.6) is 0 Å². The van der Waals surface area contributed by atoms with Gasteiger partial charge in [0.2, 0.25) is 0 Å². The average Bonchev–Trinajstić information content (AvgIpc) is 2.52. The van der Waals surface area contributed by atoms with Gasteiger partial charge in [0.25, 0.3) is 0 Å². The van der Waals surface area contributed by atoms with Gasteiger partial charge in [-0.3, -0.25) is 10.3 Å². The summed E-state index contributed by atoms with van der Waals surface area (Å²) in [6.45, 7) is 2.57. The van der Waals surface area contributed by atoms with E-state index in [4.69, 9.17) is 5.26 Å². The van der Waals surface area contributed by atoms with Gasteiger partial charge < -0.3 is 0 Å². The number of nitrogens with one attached hydrogen (secondary N) is 1. The summed E-state index contributed by atoms with van der Waals surface area (Å²) in [6, 6.07) is 2.01. The number of thiazole rings is 1. The van der Waals surface area contributed by atoms with Crippen LogP contribution in [-0.4, -0.2) is 11.0 Å². The largest absolute Gasteiger partial charge is 0.297 e. The van der Waals surface area contributed by atoms with Crippen molar-refractivity contribution < 1.29 is 0 Å². The lowest BCUT2D eigenvalue weighted by molar-refractivity contribution is 0.647. The summed E-state index contributed by atoms with van der Waals surface area (Å²) < 4.78 is 0. The summed E-state index contributed by atoms with van der Waals surface area (Å²) in [5.41, 5.74) is 1.79. The molecule has 0 aliphatic carbocycles. The van der Waals surface area contributed by atoms with E-state index in [1.54, 1.807) is 16.8 Å². The highest BCUT2D eigenvalue weighted by Gasteiger charge is 1.98. The predicted octanol–water partition coefficient (Wildman–Crippen LogP) is 1.14. The third kappa shape index (κ3) is 2.66. The molecule has 0 aliphatic rings. The first-order valence-electron chi connectivity index (χ1n) is 3.33. The summed E-state index contributed by atoms with van der Waals surface area (Å²) in [5.74, 6) is 0. The van der Waals surface area contributed by atoms with Crippen LogP contribution in [0.4, 0.5) is 0 Å². The van der Waals surface area contributed by atoms with Gasteiger partial charge in [0.05, 0.1) is 17.6 Å². The second-order valence-corrected chi connectivity index (χ2v) is 3.17. The maximum absolute atomic E-state index is 8.44. The van der Waals surface area contributed by atoms with Gasteiger partial charge in [-0.15, -0.1) is 11.3 Å². The van der Waals surface area contributed by atoms with Crippen LogP contribution in [0, 0.1) is 11.3 Å². The van der Waals surface area contributed by atoms with Gasteiger partial charge in [0, 0.05) is 17.6 Å². The minimum atomic E-state index is -0.0860. The molecule has 0 radical (unpaired) electrons. The molecule has 0 amide bonds. The Kier molecular flexibility index (Phi) is 3.02. The summed E-state index contributed by atoms with van der Waals surface area (Å²) in [6.07, 6.45) is 1.81. The Morgan fingerprint density at radius 1 is 1.91 bits per heavy atom. The van der Waals surface area contributed by atoms with Crippen LogP contribution in [0.1, 0.15) is 11.8 Å². The molecule has 3 nitrogen and oxygen atoms in total. The van der Waals surface area contributed by atoms with E-state index in [0.29, 0.717) is 0 Å². The zero-order valence-corrected chi connectivity index (χ0v) is 7.06. The number of nitrogens with zero attached hydrogens (tertiary/aromatic N) is 2. The van der Waals surface area contributed by atoms with Gasteiger partial charge >= 0.3 is 0 Å². The Balaban J connectivity index is 2.30. The Labute approximate surface area is 69.7 Å². The molecule has 11 heavy (non-hydrogen) atoms. The second kappa shape index (κ2) is 4.06. The number of nitriles is 1. The van der Waals surface area contributed by atoms with E-state index >= 15 is 0 Å². The molecular weight excluding hydrogens is 158 g/mol. The van der Waals surface area contributed by atoms with E-state index in [2.05, 4.69) is 16.4 Å². The maximum Gasteiger partial charge on any atom is 0.0927 e. The Bertz CT molecular complexity index is 237. The number of hydrogen-bond acceptors (Lipinski definition) is 4. The van der Waals surface area contributed by atoms with Crippen molar-refractivity contribution in [2.45, 2.75) is 19.5 Å². The number of hydrogen-bond donors (Lipinski definition) is 1. The van der Waals surface area contributed by atoms with Crippen molar-refractivity contribution in [3.05, 3.63) is 16.6 Å². The minimum Gasteiger partial charge on any atom is -0.297 e. The van der Waals surface area contributed by atoms with E-state index in [-0.39, 0.29) is 6.04 Å². The van der Waals surface area contributed by atoms with Crippen LogP contribution in [0.15, 0.2) is 11.7 Å². The molecule has 0 saturated heterocycles. The van der Waals surface area contributed by atoms with Crippen LogP contribution in [0.25, 0.3) is 0 Å². The van der Waals surface area contributed by atoms with Gasteiger partial charge in [-0.2, -0.15) is 5.26 Å². The van der Waals surface area contributed by atoms with Crippen LogP contribution in [0.2, 0.25) is 0 Å². The van der Waals surface area contributed by atoms with Crippen molar-refractivity contribution in [3.63, 3.8) is 0 Å². The molecule has 0 aromatic carbocycles. The molecule has 1 heterocycles. The molecule has 4 heteroatoms. The Hall–Kier alpha value is -0.920. The maximum atomic E-state index is 8.44. The molecule has 0 spiro atoms. The van der Waals surface area contributed by atoms with E-state index in [9.17, 15) is 0 Å². The van der Waals surface area contributed by atoms with E-state index in [1.807, 2.05) is 13.1 Å². The van der Waals surface area contributed by atoms with E-state index < -0.39 is 0 Å². The molecule has 1 aromatic rings. The lowest BCUT2D eigenvalue weighted by atomic mass is 10.4. The fourth-order valence-electron chi connectivity index (χ4n) is 0.629. The smallest absolute Gasteiger partial charge is 0.0927 e. The molecule has 58 valence electrons. The SMILES string of the molecule is CC(C#N)NCc1cncs1. The topological polar surface area (TPSA) is 48.7 Å². The van der Waals surface area contributed by atoms with Crippen LogP contribution in [0.3, 0.4) is 0 Å². The molecule has 1 rings (SSSR count). The molecule has 0 saturated carbocycles. The van der Waals surface area contributed by atoms with Crippen molar-refractivity contribution in [2.24, 2.45) is 0 Å². The molecular formula is C7H9N3S. The van der Waals surface area contributed by atoms with Crippen molar-refractivity contribution >= 4 is 11.3 Å². The van der Waals surface area contributed by atoms with E-state index in [1.165, 1.54) is 0 Å². The fraction of sp³-hybridized carbons (Fsp3) is 0.429. The zero-order chi connectivity index (χ0) is 8.10. The summed E-state index contributed by atoms with van der Waals surface area (Å²) >= 11 is 1.59. The van der Waals surface area contributed by atoms with Gasteiger partial charge in [-0.05, 0) is 6.92 Å². The Morgan fingerprint density at radius 3 is 3.27 bits per heavy atom. The average molecular weight is 167 g/mol. The van der Waals surface area contributed by atoms with Crippen LogP contribution in [-0.2, 0) is 6.54 Å². The van der Waals surface area contributed by atoms with E-state index in [0.717, 1.165) is 11.4 Å². The molecule has 0 bridgehead atoms. The van der Waals surface area contributed by atoms with Crippen molar-refractivity contribution in [1.82, 2.24) is 10.3 Å². The standard InChI is InChI=1S/C7H9N3S/c1-6(2-8)10-4-7-3-9-5-11-7/h3,5-6,10H,4H2,1H3. The first-order valence-corrected chi connectivity index (χ1v) is 4.21. The highest BCUT2D eigenvalue weighted by Crippen LogP contribution is 2.04. The number of rotatable bonds is 3. The normalized spacial score (nSPS) is 12.4. The molecule has 1 aromatic heterocycles. The van der Waals surface area contributed by atoms with Crippen LogP contribution >= 0.6 is 11.3 Å². The van der Waals surface area contributed by atoms with Crippen molar-refractivity contribution in [2.75, 3.05) is 0 Å². The fourth-order valence-corrected chi connectivity index (χ4v) is 1.17. The molecule has 1 N–H and O–H groups in total. The van der Waals surface area contributed by atoms with Gasteiger partial charge in [-0.25, -0.2) is 0 Å². The summed E-state index contributed by atoms with van der Waals surface area (Å²) in [4.78, 5) is 5.08. The van der Waals surface area contributed by atoms with Gasteiger partial charge in [-0.1, -0.05) is 0 Å². The molecule has 0 aliphatic heterocycles. The summed E-state index contributed by atoms with van der Waals surface area (Å²) in [7, 11) is 0. The highest BCUT2D eigenvalue weighted by atomic mass is 32.1. The first-order chi connectivity index (χ1) is 5.33. The molecule has 1 atom stereocenters. The molecule has 0 fully saturated rings. The lowest BCUT2D eigenvalue weighted by Crippen LogP contribution is -2.22. The number of aromatic nitrogens is 1. The lowest BCUT2D eigenvalue weighted by Gasteiger charge is -2.01. The predicted molar refractivity (Wildman–Crippen MR) is 44.0 cm³/mol. The van der Waals surface area contributed by atoms with Gasteiger partial charge in [0.1, 0.15) is 0 Å². The third-order valence-corrected chi connectivity index (χ3v) is 2.04. The van der Waals surface area contributed by atoms with Crippen molar-refractivity contribution in [3.8, 4) is 6.07 Å². The zero-order valence-electron chi connectivity index (χ0n) is 6.24. The quantitative estimate of drug-likeness (QED) is 0.734. The second-order valence-electron chi connectivity index (χ2n) is 2.20. The van der Waals surface area contributed by atoms with Gasteiger partial charge in [0.15, 0.2) is 0 Å². The third-order valence-electron chi connectivity index (χ3n) is 1.26. The first kappa shape index (κ1) is 8.18. The molecule has 1 unspecified atom stereocenters. The van der Waals surface area contributed by atoms with Crippen LogP contribution < -0.4 is 5.32 Å². The minimum absolute atomic E-state index is 0.0860.